The molecule has 3 aliphatic heterocycles. The van der Waals surface area contributed by atoms with Crippen LogP contribution in [0.1, 0.15) is 66.6 Å². The number of hydrogen-bond acceptors (Lipinski definition) is 8. The van der Waals surface area contributed by atoms with Gasteiger partial charge in [0.15, 0.2) is 0 Å². The molecule has 0 spiro atoms. The number of aromatic amines is 2. The topological polar surface area (TPSA) is 120 Å². The van der Waals surface area contributed by atoms with Crippen molar-refractivity contribution in [1.29, 1.82) is 0 Å². The third-order valence-electron chi connectivity index (χ3n) is 12.1. The maximum atomic E-state index is 13.9. The molecule has 0 bridgehead atoms. The van der Waals surface area contributed by atoms with Gasteiger partial charge < -0.3 is 24.3 Å². The minimum absolute atomic E-state index is 0.00593. The third-order valence-corrected chi connectivity index (χ3v) is 13.5. The summed E-state index contributed by atoms with van der Waals surface area (Å²) in [7, 11) is 3.92. The fraction of sp³-hybridized carbons (Fsp3) is 0.333. The summed E-state index contributed by atoms with van der Waals surface area (Å²) in [6.45, 7) is 2.38. The minimum atomic E-state index is -0.347. The van der Waals surface area contributed by atoms with Crippen LogP contribution in [0.4, 0.5) is 4.79 Å². The van der Waals surface area contributed by atoms with E-state index < -0.39 is 0 Å². The quantitative estimate of drug-likeness (QED) is 0.133. The summed E-state index contributed by atoms with van der Waals surface area (Å²) in [5, 5.41) is 0.00593. The first-order valence-electron chi connectivity index (χ1n) is 20.9. The fourth-order valence-electron chi connectivity index (χ4n) is 8.89. The van der Waals surface area contributed by atoms with Gasteiger partial charge in [-0.05, 0) is 79.1 Å². The van der Waals surface area contributed by atoms with Crippen LogP contribution in [0.2, 0.25) is 0 Å². The number of hydrogen-bond donors (Lipinski definition) is 2. The number of imidazole rings is 2. The maximum Gasteiger partial charge on any atom is 0.411 e. The average molecular weight is 822 g/mol. The van der Waals surface area contributed by atoms with Crippen LogP contribution >= 0.6 is 11.8 Å². The fourth-order valence-corrected chi connectivity index (χ4v) is 10.5. The number of carbonyl (C=O) groups excluding carboxylic acids is 2. The molecule has 2 N–H and O–H groups in total. The van der Waals surface area contributed by atoms with Gasteiger partial charge in [-0.15, -0.1) is 11.8 Å². The second kappa shape index (κ2) is 17.9. The monoisotopic (exact) mass is 821 g/mol. The summed E-state index contributed by atoms with van der Waals surface area (Å²) in [5.74, 6) is 2.78. The minimum Gasteiger partial charge on any atom is -0.445 e. The number of benzene rings is 4. The molecule has 3 saturated heterocycles. The second-order valence-corrected chi connectivity index (χ2v) is 17.3. The van der Waals surface area contributed by atoms with Crippen molar-refractivity contribution in [2.45, 2.75) is 55.8 Å². The predicted octanol–water partition coefficient (Wildman–Crippen LogP) is 9.28. The van der Waals surface area contributed by atoms with E-state index in [4.69, 9.17) is 19.4 Å². The predicted molar refractivity (Wildman–Crippen MR) is 235 cm³/mol. The maximum absolute atomic E-state index is 13.9. The molecule has 3 aliphatic rings. The van der Waals surface area contributed by atoms with Crippen LogP contribution in [0.3, 0.4) is 0 Å². The van der Waals surface area contributed by atoms with E-state index in [0.29, 0.717) is 25.7 Å². The normalized spacial score (nSPS) is 20.1. The summed E-state index contributed by atoms with van der Waals surface area (Å²) in [6.07, 6.45) is 7.09. The van der Waals surface area contributed by atoms with Gasteiger partial charge in [-0.1, -0.05) is 109 Å². The second-order valence-electron chi connectivity index (χ2n) is 16.1. The van der Waals surface area contributed by atoms with Gasteiger partial charge in [0.25, 0.3) is 0 Å². The first kappa shape index (κ1) is 39.8. The Labute approximate surface area is 355 Å². The lowest BCUT2D eigenvalue weighted by atomic mass is 9.99. The number of likely N-dealkylation sites (N-methyl/N-ethyl adjacent to an activating group) is 1. The first-order valence-corrected chi connectivity index (χ1v) is 22.0. The Morgan fingerprint density at radius 1 is 0.767 bits per heavy atom. The number of ether oxygens (including phenoxy) is 2. The number of H-pyrrole nitrogens is 2. The molecule has 60 heavy (non-hydrogen) atoms. The number of nitrogens with zero attached hydrogens (tertiary/aromatic N) is 5. The zero-order valence-electron chi connectivity index (χ0n) is 34.1. The lowest BCUT2D eigenvalue weighted by Gasteiger charge is -2.34. The smallest absolute Gasteiger partial charge is 0.411 e. The van der Waals surface area contributed by atoms with Gasteiger partial charge in [0.05, 0.1) is 35.2 Å². The van der Waals surface area contributed by atoms with Crippen molar-refractivity contribution in [3.8, 4) is 33.6 Å². The third kappa shape index (κ3) is 8.37. The highest BCUT2D eigenvalue weighted by Crippen LogP contribution is 2.44. The molecule has 0 saturated carbocycles. The Bertz CT molecular complexity index is 2360. The Morgan fingerprint density at radius 2 is 1.33 bits per heavy atom. The lowest BCUT2D eigenvalue weighted by Crippen LogP contribution is -2.42. The molecule has 5 heterocycles. The summed E-state index contributed by atoms with van der Waals surface area (Å²) >= 11 is 1.81. The van der Waals surface area contributed by atoms with Crippen LogP contribution < -0.4 is 0 Å². The molecule has 6 aromatic rings. The molecule has 2 amide bonds. The Kier molecular flexibility index (Phi) is 11.9. The SMILES string of the molecule is CN(C)C(C(=O)N1CCCC1c1ncc(-c2ccc(-c3ccc(-c4cnc(C5CSC(C6CCOCC6)N5C(=O)OCc5ccccc5)[nH]4)cc3)cc2)[nH]1)c1ccccc1. The van der Waals surface area contributed by atoms with Crippen molar-refractivity contribution in [2.75, 3.05) is 39.6 Å². The van der Waals surface area contributed by atoms with Crippen LogP contribution in [-0.4, -0.2) is 91.6 Å². The molecule has 9 rings (SSSR count). The Hall–Kier alpha value is -5.69. The number of thioether (sulfide) groups is 1. The van der Waals surface area contributed by atoms with E-state index >= 15 is 0 Å². The van der Waals surface area contributed by atoms with Crippen molar-refractivity contribution >= 4 is 23.8 Å². The van der Waals surface area contributed by atoms with Crippen molar-refractivity contribution in [1.82, 2.24) is 34.6 Å². The van der Waals surface area contributed by atoms with E-state index in [9.17, 15) is 9.59 Å². The van der Waals surface area contributed by atoms with Gasteiger partial charge >= 0.3 is 6.09 Å². The van der Waals surface area contributed by atoms with E-state index in [1.54, 1.807) is 0 Å². The molecule has 4 aromatic carbocycles. The van der Waals surface area contributed by atoms with Crippen molar-refractivity contribution in [2.24, 2.45) is 5.92 Å². The standard InChI is InChI=1S/C48H51N7O4S/c1-53(2)43(37-12-7-4-8-13-37)46(56)54-25-9-14-41(54)44-49-28-39(51-44)35-19-15-33(16-20-35)34-17-21-36(22-18-34)40-29-50-45(52-40)42-31-60-47(38-23-26-58-27-24-38)55(42)48(57)59-30-32-10-5-3-6-11-32/h3-8,10-13,15-22,28-29,38,41-43,47H,9,14,23-27,30-31H2,1-2H3,(H,49,51)(H,50,52). The van der Waals surface area contributed by atoms with Crippen LogP contribution in [-0.2, 0) is 20.9 Å². The van der Waals surface area contributed by atoms with Crippen molar-refractivity contribution in [3.63, 3.8) is 0 Å². The van der Waals surface area contributed by atoms with E-state index in [1.165, 1.54) is 0 Å². The number of aromatic nitrogens is 4. The van der Waals surface area contributed by atoms with Gasteiger partial charge in [-0.2, -0.15) is 0 Å². The van der Waals surface area contributed by atoms with Crippen LogP contribution in [0.15, 0.2) is 122 Å². The molecular weight excluding hydrogens is 771 g/mol. The number of carbonyl (C=O) groups is 2. The van der Waals surface area contributed by atoms with Crippen molar-refractivity contribution in [3.05, 3.63) is 144 Å². The summed E-state index contributed by atoms with van der Waals surface area (Å²) in [4.78, 5) is 50.3. The highest BCUT2D eigenvalue weighted by molar-refractivity contribution is 8.00. The molecule has 12 heteroatoms. The molecule has 0 aliphatic carbocycles. The van der Waals surface area contributed by atoms with Gasteiger partial charge in [0.2, 0.25) is 5.91 Å². The van der Waals surface area contributed by atoms with Gasteiger partial charge in [0, 0.05) is 25.5 Å². The highest BCUT2D eigenvalue weighted by Gasteiger charge is 2.45. The summed E-state index contributed by atoms with van der Waals surface area (Å²) < 4.78 is 11.6. The zero-order valence-corrected chi connectivity index (χ0v) is 34.9. The number of nitrogens with one attached hydrogen (secondary N) is 2. The first-order chi connectivity index (χ1) is 29.4. The van der Waals surface area contributed by atoms with Gasteiger partial charge in [-0.25, -0.2) is 14.8 Å². The molecule has 11 nitrogen and oxygen atoms in total. The Morgan fingerprint density at radius 3 is 1.93 bits per heavy atom. The lowest BCUT2D eigenvalue weighted by molar-refractivity contribution is -0.137. The molecule has 2 aromatic heterocycles. The number of likely N-dealkylation sites (tertiary alicyclic amines) is 1. The van der Waals surface area contributed by atoms with E-state index in [-0.39, 0.29) is 42.1 Å². The van der Waals surface area contributed by atoms with Gasteiger partial charge in [0.1, 0.15) is 30.3 Å². The van der Waals surface area contributed by atoms with Gasteiger partial charge in [-0.3, -0.25) is 14.6 Å². The molecular formula is C48H51N7O4S. The molecule has 4 atom stereocenters. The van der Waals surface area contributed by atoms with Crippen LogP contribution in [0, 0.1) is 5.92 Å². The largest absolute Gasteiger partial charge is 0.445 e. The molecule has 3 fully saturated rings. The summed E-state index contributed by atoms with van der Waals surface area (Å²) in [6, 6.07) is 36.1. The molecule has 308 valence electrons. The van der Waals surface area contributed by atoms with E-state index in [0.717, 1.165) is 87.9 Å². The van der Waals surface area contributed by atoms with E-state index in [1.807, 2.05) is 114 Å². The molecule has 4 unspecified atom stereocenters. The van der Waals surface area contributed by atoms with Crippen LogP contribution in [0.5, 0.6) is 0 Å². The Balaban J connectivity index is 0.864. The van der Waals surface area contributed by atoms with Crippen LogP contribution in [0.25, 0.3) is 33.6 Å². The molecule has 0 radical (unpaired) electrons. The van der Waals surface area contributed by atoms with E-state index in [2.05, 4.69) is 58.5 Å². The number of amides is 2. The number of rotatable bonds is 11. The highest BCUT2D eigenvalue weighted by atomic mass is 32.2. The summed E-state index contributed by atoms with van der Waals surface area (Å²) in [5.41, 5.74) is 8.04. The van der Waals surface area contributed by atoms with Crippen molar-refractivity contribution < 1.29 is 19.1 Å². The average Bonchev–Trinajstić information content (AvgIpc) is 4.14. The zero-order chi connectivity index (χ0) is 41.0.